The van der Waals surface area contributed by atoms with E-state index in [0.29, 0.717) is 12.8 Å². The molecule has 2 N–H and O–H groups in total. The van der Waals surface area contributed by atoms with Crippen molar-refractivity contribution >= 4 is 0 Å². The van der Waals surface area contributed by atoms with Crippen LogP contribution < -0.4 is 0 Å². The standard InChI is InChI=1S/C10H18O2/c1-8-4-3-7-10(2,12)9(11)6-5-8/h4,9,11-12H,3,5-7H2,1-2H3/b8-4-. The number of aliphatic hydroxyl groups excluding tert-OH is 1. The van der Waals surface area contributed by atoms with Crippen LogP contribution in [-0.4, -0.2) is 21.9 Å². The Labute approximate surface area is 73.9 Å². The van der Waals surface area contributed by atoms with Crippen LogP contribution in [0.25, 0.3) is 0 Å². The Balaban J connectivity index is 2.64. The number of allylic oxidation sites excluding steroid dienone is 2. The van der Waals surface area contributed by atoms with Gasteiger partial charge in [0.25, 0.3) is 0 Å². The molecule has 0 heterocycles. The molecular formula is C10H18O2. The third-order valence-corrected chi connectivity index (χ3v) is 2.67. The van der Waals surface area contributed by atoms with Gasteiger partial charge in [0.2, 0.25) is 0 Å². The smallest absolute Gasteiger partial charge is 0.0880 e. The molecule has 1 aliphatic rings. The van der Waals surface area contributed by atoms with E-state index < -0.39 is 11.7 Å². The highest BCUT2D eigenvalue weighted by molar-refractivity contribution is 5.02. The second-order valence-corrected chi connectivity index (χ2v) is 4.00. The summed E-state index contributed by atoms with van der Waals surface area (Å²) < 4.78 is 0. The van der Waals surface area contributed by atoms with Crippen LogP contribution in [0.5, 0.6) is 0 Å². The number of aliphatic hydroxyl groups is 2. The van der Waals surface area contributed by atoms with Gasteiger partial charge in [-0.05, 0) is 39.5 Å². The number of hydrogen-bond donors (Lipinski definition) is 2. The largest absolute Gasteiger partial charge is 0.390 e. The first-order valence-electron chi connectivity index (χ1n) is 4.58. The zero-order valence-corrected chi connectivity index (χ0v) is 7.88. The van der Waals surface area contributed by atoms with Gasteiger partial charge in [-0.15, -0.1) is 0 Å². The van der Waals surface area contributed by atoms with Gasteiger partial charge in [0.05, 0.1) is 11.7 Å². The lowest BCUT2D eigenvalue weighted by Crippen LogP contribution is -2.39. The molecule has 0 aromatic heterocycles. The molecular weight excluding hydrogens is 152 g/mol. The van der Waals surface area contributed by atoms with Gasteiger partial charge >= 0.3 is 0 Å². The summed E-state index contributed by atoms with van der Waals surface area (Å²) in [6, 6.07) is 0. The van der Waals surface area contributed by atoms with Gasteiger partial charge in [-0.1, -0.05) is 11.6 Å². The minimum Gasteiger partial charge on any atom is -0.390 e. The molecule has 2 unspecified atom stereocenters. The zero-order valence-electron chi connectivity index (χ0n) is 7.88. The molecule has 0 fully saturated rings. The average Bonchev–Trinajstić information content (AvgIpc) is 1.98. The highest BCUT2D eigenvalue weighted by Gasteiger charge is 2.29. The Morgan fingerprint density at radius 3 is 2.92 bits per heavy atom. The molecule has 0 aromatic rings. The van der Waals surface area contributed by atoms with E-state index in [4.69, 9.17) is 0 Å². The summed E-state index contributed by atoms with van der Waals surface area (Å²) in [5.41, 5.74) is 0.432. The van der Waals surface area contributed by atoms with Gasteiger partial charge in [-0.2, -0.15) is 0 Å². The first kappa shape index (κ1) is 9.75. The van der Waals surface area contributed by atoms with Crippen LogP contribution in [-0.2, 0) is 0 Å². The zero-order chi connectivity index (χ0) is 9.19. The van der Waals surface area contributed by atoms with Gasteiger partial charge in [-0.25, -0.2) is 0 Å². The summed E-state index contributed by atoms with van der Waals surface area (Å²) in [5.74, 6) is 0. The molecule has 12 heavy (non-hydrogen) atoms. The summed E-state index contributed by atoms with van der Waals surface area (Å²) in [7, 11) is 0. The van der Waals surface area contributed by atoms with Crippen LogP contribution in [0.4, 0.5) is 0 Å². The Morgan fingerprint density at radius 2 is 2.25 bits per heavy atom. The topological polar surface area (TPSA) is 40.5 Å². The predicted octanol–water partition coefficient (Wildman–Crippen LogP) is 1.62. The predicted molar refractivity (Wildman–Crippen MR) is 48.9 cm³/mol. The SMILES string of the molecule is C/C1=C/CCC(C)(O)C(O)CC1. The Kier molecular flexibility index (Phi) is 2.91. The van der Waals surface area contributed by atoms with E-state index >= 15 is 0 Å². The third kappa shape index (κ3) is 2.32. The second kappa shape index (κ2) is 3.58. The van der Waals surface area contributed by atoms with E-state index in [1.807, 2.05) is 0 Å². The minimum absolute atomic E-state index is 0.568. The maximum Gasteiger partial charge on any atom is 0.0880 e. The molecule has 70 valence electrons. The van der Waals surface area contributed by atoms with E-state index in [0.717, 1.165) is 12.8 Å². The fourth-order valence-electron chi connectivity index (χ4n) is 1.55. The third-order valence-electron chi connectivity index (χ3n) is 2.67. The first-order valence-corrected chi connectivity index (χ1v) is 4.58. The maximum atomic E-state index is 9.75. The van der Waals surface area contributed by atoms with E-state index in [2.05, 4.69) is 13.0 Å². The van der Waals surface area contributed by atoms with E-state index in [1.54, 1.807) is 6.92 Å². The summed E-state index contributed by atoms with van der Waals surface area (Å²) in [4.78, 5) is 0. The summed E-state index contributed by atoms with van der Waals surface area (Å²) in [5, 5.41) is 19.3. The van der Waals surface area contributed by atoms with Crippen molar-refractivity contribution in [1.82, 2.24) is 0 Å². The van der Waals surface area contributed by atoms with E-state index in [1.165, 1.54) is 5.57 Å². The van der Waals surface area contributed by atoms with E-state index in [9.17, 15) is 10.2 Å². The lowest BCUT2D eigenvalue weighted by atomic mass is 9.87. The molecule has 0 saturated heterocycles. The van der Waals surface area contributed by atoms with Gasteiger partial charge in [-0.3, -0.25) is 0 Å². The number of hydrogen-bond acceptors (Lipinski definition) is 2. The molecule has 0 radical (unpaired) electrons. The van der Waals surface area contributed by atoms with Gasteiger partial charge in [0.15, 0.2) is 0 Å². The summed E-state index contributed by atoms with van der Waals surface area (Å²) in [6.45, 7) is 3.79. The average molecular weight is 170 g/mol. The molecule has 2 heteroatoms. The Hall–Kier alpha value is -0.340. The van der Waals surface area contributed by atoms with Crippen molar-refractivity contribution in [3.05, 3.63) is 11.6 Å². The molecule has 2 atom stereocenters. The van der Waals surface area contributed by atoms with Crippen molar-refractivity contribution in [1.29, 1.82) is 0 Å². The Morgan fingerprint density at radius 1 is 1.58 bits per heavy atom. The fourth-order valence-corrected chi connectivity index (χ4v) is 1.55. The molecule has 0 aliphatic heterocycles. The molecule has 0 saturated carbocycles. The van der Waals surface area contributed by atoms with Crippen LogP contribution in [0.2, 0.25) is 0 Å². The van der Waals surface area contributed by atoms with Crippen LogP contribution >= 0.6 is 0 Å². The highest BCUT2D eigenvalue weighted by Crippen LogP contribution is 2.25. The van der Waals surface area contributed by atoms with Crippen LogP contribution in [0.1, 0.15) is 39.5 Å². The fraction of sp³-hybridized carbons (Fsp3) is 0.800. The van der Waals surface area contributed by atoms with Crippen LogP contribution in [0.3, 0.4) is 0 Å². The molecule has 0 aromatic carbocycles. The normalized spacial score (nSPS) is 42.7. The molecule has 1 rings (SSSR count). The van der Waals surface area contributed by atoms with Crippen molar-refractivity contribution in [3.63, 3.8) is 0 Å². The molecule has 2 nitrogen and oxygen atoms in total. The Bertz CT molecular complexity index is 182. The van der Waals surface area contributed by atoms with Gasteiger partial charge < -0.3 is 10.2 Å². The molecule has 0 amide bonds. The summed E-state index contributed by atoms with van der Waals surface area (Å²) in [6.07, 6.45) is 4.69. The van der Waals surface area contributed by atoms with Crippen molar-refractivity contribution in [3.8, 4) is 0 Å². The van der Waals surface area contributed by atoms with Crippen molar-refractivity contribution < 1.29 is 10.2 Å². The van der Waals surface area contributed by atoms with Gasteiger partial charge in [0.1, 0.15) is 0 Å². The van der Waals surface area contributed by atoms with E-state index in [-0.39, 0.29) is 0 Å². The summed E-state index contributed by atoms with van der Waals surface area (Å²) >= 11 is 0. The van der Waals surface area contributed by atoms with Crippen molar-refractivity contribution in [2.45, 2.75) is 51.2 Å². The first-order chi connectivity index (χ1) is 5.52. The van der Waals surface area contributed by atoms with Crippen LogP contribution in [0, 0.1) is 0 Å². The lowest BCUT2D eigenvalue weighted by molar-refractivity contribution is -0.0701. The number of rotatable bonds is 0. The van der Waals surface area contributed by atoms with Crippen molar-refractivity contribution in [2.24, 2.45) is 0 Å². The monoisotopic (exact) mass is 170 g/mol. The minimum atomic E-state index is -0.892. The molecule has 1 aliphatic carbocycles. The lowest BCUT2D eigenvalue weighted by Gasteiger charge is -2.30. The molecule has 0 bridgehead atoms. The highest BCUT2D eigenvalue weighted by atomic mass is 16.3. The quantitative estimate of drug-likeness (QED) is 0.542. The maximum absolute atomic E-state index is 9.75. The van der Waals surface area contributed by atoms with Crippen LogP contribution in [0.15, 0.2) is 11.6 Å². The molecule has 0 spiro atoms. The van der Waals surface area contributed by atoms with Crippen molar-refractivity contribution in [2.75, 3.05) is 0 Å². The van der Waals surface area contributed by atoms with Gasteiger partial charge in [0, 0.05) is 0 Å². The second-order valence-electron chi connectivity index (χ2n) is 4.00.